The van der Waals surface area contributed by atoms with Crippen LogP contribution in [0.4, 0.5) is 11.4 Å². The van der Waals surface area contributed by atoms with Crippen LogP contribution in [0.5, 0.6) is 0 Å². The number of hydrogen-bond donors (Lipinski definition) is 1. The van der Waals surface area contributed by atoms with Gasteiger partial charge in [0.15, 0.2) is 0 Å². The summed E-state index contributed by atoms with van der Waals surface area (Å²) < 4.78 is 5.07. The van der Waals surface area contributed by atoms with E-state index in [9.17, 15) is 10.1 Å². The number of anilines is 1. The van der Waals surface area contributed by atoms with E-state index in [2.05, 4.69) is 5.16 Å². The van der Waals surface area contributed by atoms with Gasteiger partial charge in [-0.05, 0) is 38.0 Å². The van der Waals surface area contributed by atoms with E-state index in [0.29, 0.717) is 22.6 Å². The summed E-state index contributed by atoms with van der Waals surface area (Å²) in [4.78, 5) is 10.5. The lowest BCUT2D eigenvalue weighted by Gasteiger charge is -2.06. The molecule has 0 amide bonds. The van der Waals surface area contributed by atoms with Crippen molar-refractivity contribution in [2.45, 2.75) is 34.6 Å². The van der Waals surface area contributed by atoms with Crippen molar-refractivity contribution < 1.29 is 9.45 Å². The first-order chi connectivity index (χ1) is 9.41. The Labute approximate surface area is 117 Å². The molecule has 0 atom stereocenters. The fourth-order valence-electron chi connectivity index (χ4n) is 1.97. The minimum Gasteiger partial charge on any atom is -0.393 e. The molecule has 20 heavy (non-hydrogen) atoms. The van der Waals surface area contributed by atoms with Crippen LogP contribution in [0.25, 0.3) is 11.1 Å². The van der Waals surface area contributed by atoms with Crippen LogP contribution in [0, 0.1) is 30.9 Å². The molecule has 0 bridgehead atoms. The topological polar surface area (TPSA) is 95.2 Å². The van der Waals surface area contributed by atoms with Crippen LogP contribution in [0.2, 0.25) is 0 Å². The Balaban J connectivity index is 0.000000956. The highest BCUT2D eigenvalue weighted by atomic mass is 16.6. The van der Waals surface area contributed by atoms with Gasteiger partial charge in [0.25, 0.3) is 5.69 Å². The molecule has 0 aliphatic rings. The molecule has 0 spiro atoms. The Bertz CT molecular complexity index is 613. The molecule has 2 aromatic rings. The van der Waals surface area contributed by atoms with Crippen molar-refractivity contribution in [1.82, 2.24) is 5.16 Å². The van der Waals surface area contributed by atoms with Crippen LogP contribution in [-0.2, 0) is 0 Å². The fraction of sp³-hybridized carbons (Fsp3) is 0.357. The molecule has 0 unspecified atom stereocenters. The van der Waals surface area contributed by atoms with Crippen LogP contribution >= 0.6 is 0 Å². The molecule has 6 nitrogen and oxygen atoms in total. The highest BCUT2D eigenvalue weighted by Gasteiger charge is 2.19. The van der Waals surface area contributed by atoms with E-state index >= 15 is 0 Å². The van der Waals surface area contributed by atoms with Gasteiger partial charge in [-0.15, -0.1) is 0 Å². The van der Waals surface area contributed by atoms with Crippen LogP contribution in [0.15, 0.2) is 16.7 Å². The second kappa shape index (κ2) is 6.18. The third-order valence-electron chi connectivity index (χ3n) is 2.88. The molecule has 0 fully saturated rings. The van der Waals surface area contributed by atoms with Crippen molar-refractivity contribution in [3.8, 4) is 11.1 Å². The molecule has 6 heteroatoms. The monoisotopic (exact) mass is 277 g/mol. The Morgan fingerprint density at radius 3 is 2.30 bits per heavy atom. The Hall–Kier alpha value is -2.37. The summed E-state index contributed by atoms with van der Waals surface area (Å²) in [5, 5.41) is 14.8. The first kappa shape index (κ1) is 15.7. The second-order valence-electron chi connectivity index (χ2n) is 4.18. The molecule has 0 saturated carbocycles. The SMILES string of the molecule is CC.Cc1cc(-c2c(C)noc2C)cc([N+](=O)[O-])c1N. The molecular weight excluding hydrogens is 258 g/mol. The summed E-state index contributed by atoms with van der Waals surface area (Å²) in [6, 6.07) is 3.25. The minimum absolute atomic E-state index is 0.0926. The predicted octanol–water partition coefficient (Wildman–Crippen LogP) is 3.78. The maximum atomic E-state index is 11.0. The smallest absolute Gasteiger partial charge is 0.293 e. The van der Waals surface area contributed by atoms with Gasteiger partial charge in [-0.2, -0.15) is 0 Å². The van der Waals surface area contributed by atoms with Gasteiger partial charge < -0.3 is 10.3 Å². The molecule has 0 saturated heterocycles. The Morgan fingerprint density at radius 2 is 1.85 bits per heavy atom. The zero-order valence-electron chi connectivity index (χ0n) is 12.4. The van der Waals surface area contributed by atoms with Crippen LogP contribution in [0.1, 0.15) is 30.9 Å². The largest absolute Gasteiger partial charge is 0.393 e. The first-order valence-corrected chi connectivity index (χ1v) is 6.39. The lowest BCUT2D eigenvalue weighted by Crippen LogP contribution is -1.99. The number of aromatic nitrogens is 1. The molecule has 2 rings (SSSR count). The number of nitro benzene ring substituents is 1. The molecular formula is C14H19N3O3. The average Bonchev–Trinajstić information content (AvgIpc) is 2.74. The van der Waals surface area contributed by atoms with Gasteiger partial charge in [-0.3, -0.25) is 10.1 Å². The molecule has 2 N–H and O–H groups in total. The van der Waals surface area contributed by atoms with Crippen LogP contribution in [0.3, 0.4) is 0 Å². The number of hydrogen-bond acceptors (Lipinski definition) is 5. The van der Waals surface area contributed by atoms with E-state index in [1.807, 2.05) is 13.8 Å². The summed E-state index contributed by atoms with van der Waals surface area (Å²) >= 11 is 0. The number of nitrogens with zero attached hydrogens (tertiary/aromatic N) is 2. The number of aryl methyl sites for hydroxylation is 3. The van der Waals surface area contributed by atoms with E-state index in [0.717, 1.165) is 5.56 Å². The predicted molar refractivity (Wildman–Crippen MR) is 78.6 cm³/mol. The van der Waals surface area contributed by atoms with Crippen molar-refractivity contribution in [3.05, 3.63) is 39.3 Å². The zero-order valence-corrected chi connectivity index (χ0v) is 12.4. The number of nitro groups is 1. The molecule has 108 valence electrons. The van der Waals surface area contributed by atoms with Crippen LogP contribution in [-0.4, -0.2) is 10.1 Å². The van der Waals surface area contributed by atoms with Crippen molar-refractivity contribution in [3.63, 3.8) is 0 Å². The minimum atomic E-state index is -0.482. The molecule has 0 radical (unpaired) electrons. The van der Waals surface area contributed by atoms with Crippen molar-refractivity contribution in [2.75, 3.05) is 5.73 Å². The van der Waals surface area contributed by atoms with Crippen molar-refractivity contribution in [2.24, 2.45) is 0 Å². The summed E-state index contributed by atoms with van der Waals surface area (Å²) in [7, 11) is 0. The summed E-state index contributed by atoms with van der Waals surface area (Å²) in [6.45, 7) is 9.31. The lowest BCUT2D eigenvalue weighted by atomic mass is 10.00. The van der Waals surface area contributed by atoms with Crippen molar-refractivity contribution in [1.29, 1.82) is 0 Å². The van der Waals surface area contributed by atoms with E-state index in [1.54, 1.807) is 26.8 Å². The van der Waals surface area contributed by atoms with Gasteiger partial charge in [0.2, 0.25) is 0 Å². The highest BCUT2D eigenvalue weighted by molar-refractivity contribution is 5.76. The van der Waals surface area contributed by atoms with Gasteiger partial charge in [-0.25, -0.2) is 0 Å². The normalized spacial score (nSPS) is 9.85. The maximum Gasteiger partial charge on any atom is 0.293 e. The van der Waals surface area contributed by atoms with Gasteiger partial charge >= 0.3 is 0 Å². The summed E-state index contributed by atoms with van der Waals surface area (Å²) in [6.07, 6.45) is 0. The molecule has 1 aromatic heterocycles. The number of benzene rings is 1. The summed E-state index contributed by atoms with van der Waals surface area (Å²) in [5.74, 6) is 0.631. The van der Waals surface area contributed by atoms with E-state index in [4.69, 9.17) is 10.3 Å². The van der Waals surface area contributed by atoms with E-state index in [1.165, 1.54) is 6.07 Å². The molecule has 1 heterocycles. The zero-order chi connectivity index (χ0) is 15.4. The van der Waals surface area contributed by atoms with E-state index in [-0.39, 0.29) is 11.4 Å². The number of nitrogens with two attached hydrogens (primary N) is 1. The standard InChI is InChI=1S/C12H13N3O3.C2H6/c1-6-4-9(5-10(12(6)13)15(16)17)11-7(2)14-18-8(11)3;1-2/h4-5H,13H2,1-3H3;1-2H3. The summed E-state index contributed by atoms with van der Waals surface area (Å²) in [5.41, 5.74) is 8.64. The Morgan fingerprint density at radius 1 is 1.25 bits per heavy atom. The highest BCUT2D eigenvalue weighted by Crippen LogP contribution is 2.34. The fourth-order valence-corrected chi connectivity index (χ4v) is 1.97. The second-order valence-corrected chi connectivity index (χ2v) is 4.18. The average molecular weight is 277 g/mol. The quantitative estimate of drug-likeness (QED) is 0.512. The van der Waals surface area contributed by atoms with Crippen LogP contribution < -0.4 is 5.73 Å². The van der Waals surface area contributed by atoms with Gasteiger partial charge in [0, 0.05) is 11.6 Å². The van der Waals surface area contributed by atoms with Gasteiger partial charge in [0.05, 0.1) is 10.6 Å². The van der Waals surface area contributed by atoms with E-state index < -0.39 is 4.92 Å². The Kier molecular flexibility index (Phi) is 4.85. The number of rotatable bonds is 2. The van der Waals surface area contributed by atoms with Gasteiger partial charge in [-0.1, -0.05) is 19.0 Å². The number of nitrogen functional groups attached to an aromatic ring is 1. The lowest BCUT2D eigenvalue weighted by molar-refractivity contribution is -0.383. The van der Waals surface area contributed by atoms with Crippen molar-refractivity contribution >= 4 is 11.4 Å². The third-order valence-corrected chi connectivity index (χ3v) is 2.88. The maximum absolute atomic E-state index is 11.0. The molecule has 1 aromatic carbocycles. The first-order valence-electron chi connectivity index (χ1n) is 6.39. The third kappa shape index (κ3) is 2.79. The van der Waals surface area contributed by atoms with Gasteiger partial charge in [0.1, 0.15) is 11.4 Å². The molecule has 0 aliphatic carbocycles. The molecule has 0 aliphatic heterocycles.